The molecule has 1 N–H and O–H groups in total. The minimum atomic E-state index is -0.355. The zero-order chi connectivity index (χ0) is 24.2. The van der Waals surface area contributed by atoms with Crippen molar-refractivity contribution in [2.45, 2.75) is 26.2 Å². The molecule has 1 amide bonds. The van der Waals surface area contributed by atoms with Gasteiger partial charge in [0.1, 0.15) is 24.9 Å². The van der Waals surface area contributed by atoms with Crippen LogP contribution in [0.25, 0.3) is 16.6 Å². The van der Waals surface area contributed by atoms with E-state index >= 15 is 0 Å². The number of nitrogens with one attached hydrogen (secondary N) is 1. The lowest BCUT2D eigenvalue weighted by atomic mass is 10.1. The molecular formula is C26H27N5O4. The van der Waals surface area contributed by atoms with Gasteiger partial charge in [-0.3, -0.25) is 19.1 Å². The summed E-state index contributed by atoms with van der Waals surface area (Å²) in [5, 5.41) is 6.82. The van der Waals surface area contributed by atoms with Gasteiger partial charge in [-0.2, -0.15) is 0 Å². The summed E-state index contributed by atoms with van der Waals surface area (Å²) in [6.07, 6.45) is 6.65. The summed E-state index contributed by atoms with van der Waals surface area (Å²) >= 11 is 0. The van der Waals surface area contributed by atoms with Crippen molar-refractivity contribution in [2.75, 3.05) is 31.6 Å². The molecule has 9 heteroatoms. The van der Waals surface area contributed by atoms with Gasteiger partial charge in [0.05, 0.1) is 16.6 Å². The van der Waals surface area contributed by atoms with E-state index in [0.29, 0.717) is 40.3 Å². The highest BCUT2D eigenvalue weighted by Crippen LogP contribution is 2.20. The second-order valence-corrected chi connectivity index (χ2v) is 8.69. The largest absolute Gasteiger partial charge is 0.492 e. The van der Waals surface area contributed by atoms with Gasteiger partial charge >= 0.3 is 0 Å². The summed E-state index contributed by atoms with van der Waals surface area (Å²) in [4.78, 5) is 33.0. The number of amides is 1. The Morgan fingerprint density at radius 2 is 1.97 bits per heavy atom. The van der Waals surface area contributed by atoms with E-state index in [0.717, 1.165) is 25.2 Å². The first-order valence-corrected chi connectivity index (χ1v) is 11.8. The van der Waals surface area contributed by atoms with E-state index in [1.54, 1.807) is 36.4 Å². The van der Waals surface area contributed by atoms with Crippen LogP contribution in [-0.4, -0.2) is 51.8 Å². The number of likely N-dealkylation sites (tertiary alicyclic amines) is 1. The molecule has 0 radical (unpaired) electrons. The van der Waals surface area contributed by atoms with Crippen LogP contribution >= 0.6 is 0 Å². The van der Waals surface area contributed by atoms with Crippen molar-refractivity contribution < 1.29 is 14.1 Å². The van der Waals surface area contributed by atoms with Crippen molar-refractivity contribution >= 4 is 22.6 Å². The van der Waals surface area contributed by atoms with E-state index < -0.39 is 0 Å². The van der Waals surface area contributed by atoms with Gasteiger partial charge in [0.15, 0.2) is 5.82 Å². The Morgan fingerprint density at radius 1 is 1.11 bits per heavy atom. The number of hydrogen-bond donors (Lipinski definition) is 1. The molecule has 0 saturated carbocycles. The summed E-state index contributed by atoms with van der Waals surface area (Å²) < 4.78 is 12.2. The zero-order valence-corrected chi connectivity index (χ0v) is 19.6. The maximum absolute atomic E-state index is 13.4. The van der Waals surface area contributed by atoms with E-state index in [-0.39, 0.29) is 11.5 Å². The van der Waals surface area contributed by atoms with Gasteiger partial charge in [0.25, 0.3) is 11.5 Å². The standard InChI is InChI=1S/C26H27N5O4/c1-18-5-6-19(25(32)28-24-9-13-35-29-24)15-23(18)31-17-27-22-8-7-20(16-21(22)26(31)33)34-14-12-30-10-3-2-4-11-30/h5-9,13,15-17H,2-4,10-12,14H2,1H3,(H,28,29,32). The van der Waals surface area contributed by atoms with Crippen molar-refractivity contribution in [3.05, 3.63) is 76.5 Å². The number of aryl methyl sites for hydroxylation is 1. The molecule has 4 aromatic rings. The van der Waals surface area contributed by atoms with Gasteiger partial charge in [-0.1, -0.05) is 17.6 Å². The number of nitrogens with zero attached hydrogens (tertiary/aromatic N) is 4. The first-order chi connectivity index (χ1) is 17.1. The van der Waals surface area contributed by atoms with Crippen molar-refractivity contribution in [3.8, 4) is 11.4 Å². The minimum Gasteiger partial charge on any atom is -0.492 e. The van der Waals surface area contributed by atoms with Crippen molar-refractivity contribution in [1.82, 2.24) is 19.6 Å². The van der Waals surface area contributed by atoms with Crippen LogP contribution < -0.4 is 15.6 Å². The Balaban J connectivity index is 1.39. The van der Waals surface area contributed by atoms with Gasteiger partial charge in [0, 0.05) is 18.2 Å². The Morgan fingerprint density at radius 3 is 2.77 bits per heavy atom. The van der Waals surface area contributed by atoms with Crippen LogP contribution in [0.15, 0.2) is 64.4 Å². The highest BCUT2D eigenvalue weighted by atomic mass is 16.5. The van der Waals surface area contributed by atoms with Crippen LogP contribution in [0.4, 0.5) is 5.82 Å². The molecule has 1 aliphatic rings. The van der Waals surface area contributed by atoms with E-state index in [2.05, 4.69) is 20.4 Å². The van der Waals surface area contributed by atoms with Crippen LogP contribution in [0.3, 0.4) is 0 Å². The predicted molar refractivity (Wildman–Crippen MR) is 132 cm³/mol. The number of anilines is 1. The number of carbonyl (C=O) groups excluding carboxylic acids is 1. The monoisotopic (exact) mass is 473 g/mol. The summed E-state index contributed by atoms with van der Waals surface area (Å²) in [6.45, 7) is 5.56. The number of fused-ring (bicyclic) bond motifs is 1. The number of benzene rings is 2. The molecule has 0 bridgehead atoms. The second-order valence-electron chi connectivity index (χ2n) is 8.69. The molecule has 2 aromatic carbocycles. The normalized spacial score (nSPS) is 14.2. The van der Waals surface area contributed by atoms with Crippen LogP contribution in [0.5, 0.6) is 5.75 Å². The number of aromatic nitrogens is 3. The number of piperidine rings is 1. The highest BCUT2D eigenvalue weighted by Gasteiger charge is 2.14. The van der Waals surface area contributed by atoms with Crippen LogP contribution in [0, 0.1) is 6.92 Å². The first kappa shape index (κ1) is 22.8. The molecule has 5 rings (SSSR count). The molecule has 0 unspecified atom stereocenters. The Hall–Kier alpha value is -3.98. The van der Waals surface area contributed by atoms with Crippen LogP contribution in [-0.2, 0) is 0 Å². The van der Waals surface area contributed by atoms with Crippen molar-refractivity contribution in [1.29, 1.82) is 0 Å². The third-order valence-corrected chi connectivity index (χ3v) is 6.26. The molecule has 180 valence electrons. The summed E-state index contributed by atoms with van der Waals surface area (Å²) in [5.41, 5.74) is 2.16. The fraction of sp³-hybridized carbons (Fsp3) is 0.308. The van der Waals surface area contributed by atoms with Gasteiger partial charge in [-0.25, -0.2) is 4.98 Å². The molecule has 35 heavy (non-hydrogen) atoms. The van der Waals surface area contributed by atoms with E-state index in [9.17, 15) is 9.59 Å². The van der Waals surface area contributed by atoms with E-state index in [1.165, 1.54) is 36.4 Å². The second kappa shape index (κ2) is 10.1. The topological polar surface area (TPSA) is 102 Å². The summed E-state index contributed by atoms with van der Waals surface area (Å²) in [5.74, 6) is 0.601. The molecule has 3 heterocycles. The van der Waals surface area contributed by atoms with Gasteiger partial charge in [0.2, 0.25) is 0 Å². The average molecular weight is 474 g/mol. The molecule has 1 aliphatic heterocycles. The molecule has 1 saturated heterocycles. The zero-order valence-electron chi connectivity index (χ0n) is 19.6. The van der Waals surface area contributed by atoms with Crippen LogP contribution in [0.1, 0.15) is 35.2 Å². The molecule has 0 aliphatic carbocycles. The lowest BCUT2D eigenvalue weighted by Crippen LogP contribution is -2.33. The molecule has 9 nitrogen and oxygen atoms in total. The average Bonchev–Trinajstić information content (AvgIpc) is 3.39. The predicted octanol–water partition coefficient (Wildman–Crippen LogP) is 3.80. The number of rotatable bonds is 7. The molecule has 2 aromatic heterocycles. The summed E-state index contributed by atoms with van der Waals surface area (Å²) in [7, 11) is 0. The molecule has 0 spiro atoms. The maximum atomic E-state index is 13.4. The van der Waals surface area contributed by atoms with Gasteiger partial charge in [-0.05, 0) is 68.8 Å². The van der Waals surface area contributed by atoms with Crippen molar-refractivity contribution in [2.24, 2.45) is 0 Å². The smallest absolute Gasteiger partial charge is 0.265 e. The summed E-state index contributed by atoms with van der Waals surface area (Å²) in [6, 6.07) is 12.1. The Labute approximate surface area is 202 Å². The first-order valence-electron chi connectivity index (χ1n) is 11.8. The van der Waals surface area contributed by atoms with Crippen LogP contribution in [0.2, 0.25) is 0 Å². The molecular weight excluding hydrogens is 446 g/mol. The van der Waals surface area contributed by atoms with E-state index in [4.69, 9.17) is 9.26 Å². The third kappa shape index (κ3) is 5.09. The van der Waals surface area contributed by atoms with Crippen molar-refractivity contribution in [3.63, 3.8) is 0 Å². The minimum absolute atomic E-state index is 0.228. The lowest BCUT2D eigenvalue weighted by molar-refractivity contribution is 0.102. The molecule has 1 fully saturated rings. The van der Waals surface area contributed by atoms with Gasteiger partial charge in [-0.15, -0.1) is 0 Å². The Bertz CT molecular complexity index is 1390. The fourth-order valence-corrected chi connectivity index (χ4v) is 4.31. The number of ether oxygens (including phenoxy) is 1. The molecule has 0 atom stereocenters. The fourth-order valence-electron chi connectivity index (χ4n) is 4.31. The number of hydrogen-bond acceptors (Lipinski definition) is 7. The SMILES string of the molecule is Cc1ccc(C(=O)Nc2ccon2)cc1-n1cnc2ccc(OCCN3CCCCC3)cc2c1=O. The number of carbonyl (C=O) groups is 1. The lowest BCUT2D eigenvalue weighted by Gasteiger charge is -2.26. The third-order valence-electron chi connectivity index (χ3n) is 6.26. The van der Waals surface area contributed by atoms with Gasteiger partial charge < -0.3 is 14.6 Å². The van der Waals surface area contributed by atoms with E-state index in [1.807, 2.05) is 13.0 Å². The quantitative estimate of drug-likeness (QED) is 0.436. The highest BCUT2D eigenvalue weighted by molar-refractivity contribution is 6.04. The maximum Gasteiger partial charge on any atom is 0.265 e. The Kier molecular flexibility index (Phi) is 6.58.